The van der Waals surface area contributed by atoms with Gasteiger partial charge in [-0.1, -0.05) is 24.3 Å². The highest BCUT2D eigenvalue weighted by Gasteiger charge is 2.35. The van der Waals surface area contributed by atoms with Gasteiger partial charge in [0, 0.05) is 61.5 Å². The molecule has 1 aromatic carbocycles. The molecule has 8 heteroatoms. The number of likely N-dealkylation sites (tertiary alicyclic amines) is 1. The first kappa shape index (κ1) is 20.8. The summed E-state index contributed by atoms with van der Waals surface area (Å²) in [6.45, 7) is 8.09. The van der Waals surface area contributed by atoms with Crippen LogP contribution in [0.3, 0.4) is 0 Å². The largest absolute Gasteiger partial charge is 0.333 e. The number of carbonyl (C=O) groups excluding carboxylic acids is 1. The number of nitrogens with zero attached hydrogens (tertiary/aromatic N) is 5. The Morgan fingerprint density at radius 3 is 2.91 bits per heavy atom. The van der Waals surface area contributed by atoms with E-state index >= 15 is 0 Å². The van der Waals surface area contributed by atoms with E-state index in [2.05, 4.69) is 70.7 Å². The number of aryl methyl sites for hydroxylation is 2. The quantitative estimate of drug-likeness (QED) is 0.663. The molecule has 168 valence electrons. The molecule has 0 bridgehead atoms. The van der Waals surface area contributed by atoms with E-state index < -0.39 is 0 Å². The second-order valence-electron chi connectivity index (χ2n) is 9.03. The molecular formula is C24H31N7O. The number of fused-ring (bicyclic) bond motifs is 1. The number of hydrogen-bond acceptors (Lipinski definition) is 4. The van der Waals surface area contributed by atoms with E-state index in [0.717, 1.165) is 48.6 Å². The van der Waals surface area contributed by atoms with Crippen LogP contribution in [0.25, 0.3) is 11.3 Å². The Balaban J connectivity index is 1.32. The van der Waals surface area contributed by atoms with Gasteiger partial charge < -0.3 is 15.1 Å². The molecule has 2 aromatic heterocycles. The van der Waals surface area contributed by atoms with Crippen molar-refractivity contribution in [3.05, 3.63) is 59.0 Å². The minimum atomic E-state index is 0.00550. The van der Waals surface area contributed by atoms with Gasteiger partial charge in [0.15, 0.2) is 0 Å². The number of hydrogen-bond donors (Lipinski definition) is 2. The third kappa shape index (κ3) is 3.79. The lowest BCUT2D eigenvalue weighted by Crippen LogP contribution is -2.48. The van der Waals surface area contributed by atoms with E-state index in [1.165, 1.54) is 11.1 Å². The Morgan fingerprint density at radius 1 is 1.28 bits per heavy atom. The molecule has 1 fully saturated rings. The second-order valence-corrected chi connectivity index (χ2v) is 9.03. The number of nitrogens with one attached hydrogen (secondary N) is 2. The van der Waals surface area contributed by atoms with Gasteiger partial charge in [0.1, 0.15) is 5.69 Å². The summed E-state index contributed by atoms with van der Waals surface area (Å²) in [5.41, 5.74) is 6.71. The van der Waals surface area contributed by atoms with E-state index in [9.17, 15) is 4.79 Å². The minimum absolute atomic E-state index is 0.00550. The number of H-pyrrole nitrogens is 1. The van der Waals surface area contributed by atoms with Crippen molar-refractivity contribution in [3.8, 4) is 11.3 Å². The van der Waals surface area contributed by atoms with Gasteiger partial charge in [-0.2, -0.15) is 10.2 Å². The zero-order valence-corrected chi connectivity index (χ0v) is 19.0. The topological polar surface area (TPSA) is 82.1 Å². The smallest absolute Gasteiger partial charge is 0.317 e. The van der Waals surface area contributed by atoms with Crippen molar-refractivity contribution in [2.24, 2.45) is 0 Å². The minimum Gasteiger partial charge on any atom is -0.333 e. The van der Waals surface area contributed by atoms with Crippen LogP contribution in [0.2, 0.25) is 0 Å². The molecule has 3 aromatic rings. The lowest BCUT2D eigenvalue weighted by Gasteiger charge is -2.30. The van der Waals surface area contributed by atoms with Crippen LogP contribution in [-0.4, -0.2) is 68.5 Å². The van der Waals surface area contributed by atoms with Crippen molar-refractivity contribution in [2.45, 2.75) is 45.3 Å². The highest BCUT2D eigenvalue weighted by atomic mass is 16.2. The van der Waals surface area contributed by atoms with Crippen LogP contribution < -0.4 is 5.32 Å². The monoisotopic (exact) mass is 433 g/mol. The maximum Gasteiger partial charge on any atom is 0.317 e. The molecule has 2 atom stereocenters. The van der Waals surface area contributed by atoms with Gasteiger partial charge in [0.2, 0.25) is 0 Å². The normalized spacial score (nSPS) is 21.0. The molecular weight excluding hydrogens is 402 g/mol. The van der Waals surface area contributed by atoms with E-state index in [1.807, 2.05) is 22.0 Å². The number of rotatable bonds is 4. The molecule has 2 unspecified atom stereocenters. The Bertz CT molecular complexity index is 1120. The molecule has 2 aliphatic rings. The van der Waals surface area contributed by atoms with Crippen LogP contribution in [0.4, 0.5) is 4.79 Å². The summed E-state index contributed by atoms with van der Waals surface area (Å²) < 4.78 is 1.89. The van der Waals surface area contributed by atoms with Gasteiger partial charge in [0.05, 0.1) is 18.8 Å². The molecule has 2 N–H and O–H groups in total. The Labute approximate surface area is 188 Å². The molecule has 0 aliphatic carbocycles. The summed E-state index contributed by atoms with van der Waals surface area (Å²) in [5.74, 6) is 0.301. The molecule has 4 heterocycles. The van der Waals surface area contributed by atoms with Crippen molar-refractivity contribution < 1.29 is 4.79 Å². The fraction of sp³-hybridized carbons (Fsp3) is 0.458. The summed E-state index contributed by atoms with van der Waals surface area (Å²) in [6.07, 6.45) is 4.64. The third-order valence-electron chi connectivity index (χ3n) is 6.85. The molecule has 8 nitrogen and oxygen atoms in total. The summed E-state index contributed by atoms with van der Waals surface area (Å²) in [7, 11) is 2.12. The Hall–Kier alpha value is -3.13. The van der Waals surface area contributed by atoms with Crippen molar-refractivity contribution in [3.63, 3.8) is 0 Å². The molecule has 1 saturated heterocycles. The van der Waals surface area contributed by atoms with E-state index in [1.54, 1.807) is 0 Å². The highest BCUT2D eigenvalue weighted by Crippen LogP contribution is 2.31. The average molecular weight is 434 g/mol. The number of aromatic amines is 1. The third-order valence-corrected chi connectivity index (χ3v) is 6.85. The second kappa shape index (κ2) is 8.43. The summed E-state index contributed by atoms with van der Waals surface area (Å²) in [4.78, 5) is 17.5. The van der Waals surface area contributed by atoms with E-state index in [4.69, 9.17) is 0 Å². The maximum atomic E-state index is 13.3. The molecule has 0 saturated carbocycles. The SMILES string of the molecule is CCn1cc(-c2n[nH]c3c2CN(C(=O)NC2CN(C)CC2c2ccccc2C)CC3)cn1. The molecule has 0 radical (unpaired) electrons. The van der Waals surface area contributed by atoms with E-state index in [0.29, 0.717) is 19.0 Å². The fourth-order valence-electron chi connectivity index (χ4n) is 5.08. The first-order valence-electron chi connectivity index (χ1n) is 11.4. The molecule has 32 heavy (non-hydrogen) atoms. The Kier molecular flexibility index (Phi) is 5.46. The van der Waals surface area contributed by atoms with Gasteiger partial charge in [-0.3, -0.25) is 9.78 Å². The summed E-state index contributed by atoms with van der Waals surface area (Å²) >= 11 is 0. The number of amides is 2. The van der Waals surface area contributed by atoms with Gasteiger partial charge in [-0.25, -0.2) is 4.79 Å². The Morgan fingerprint density at radius 2 is 2.12 bits per heavy atom. The van der Waals surface area contributed by atoms with Crippen molar-refractivity contribution in [1.29, 1.82) is 0 Å². The van der Waals surface area contributed by atoms with Crippen LogP contribution in [0.1, 0.15) is 35.2 Å². The number of aromatic nitrogens is 4. The van der Waals surface area contributed by atoms with Gasteiger partial charge in [0.25, 0.3) is 0 Å². The first-order chi connectivity index (χ1) is 15.5. The van der Waals surface area contributed by atoms with Crippen molar-refractivity contribution in [2.75, 3.05) is 26.7 Å². The number of urea groups is 1. The maximum absolute atomic E-state index is 13.3. The van der Waals surface area contributed by atoms with Crippen LogP contribution >= 0.6 is 0 Å². The van der Waals surface area contributed by atoms with Crippen LogP contribution in [-0.2, 0) is 19.5 Å². The lowest BCUT2D eigenvalue weighted by atomic mass is 9.91. The molecule has 2 amide bonds. The van der Waals surface area contributed by atoms with Crippen LogP contribution in [0.15, 0.2) is 36.7 Å². The van der Waals surface area contributed by atoms with Crippen LogP contribution in [0.5, 0.6) is 0 Å². The van der Waals surface area contributed by atoms with Gasteiger partial charge in [-0.15, -0.1) is 0 Å². The van der Waals surface area contributed by atoms with Gasteiger partial charge in [-0.05, 0) is 32.0 Å². The van der Waals surface area contributed by atoms with Crippen molar-refractivity contribution >= 4 is 6.03 Å². The number of benzene rings is 1. The first-order valence-corrected chi connectivity index (χ1v) is 11.4. The standard InChI is InChI=1S/C24H31N7O/c1-4-31-12-17(11-25-31)23-20-14-30(10-9-21(20)27-28-23)24(32)26-22-15-29(3)13-19(22)18-8-6-5-7-16(18)2/h5-8,11-12,19,22H,4,9-10,13-15H2,1-3H3,(H,26,32)(H,27,28). The molecule has 0 spiro atoms. The summed E-state index contributed by atoms with van der Waals surface area (Å²) in [6, 6.07) is 8.61. The predicted molar refractivity (Wildman–Crippen MR) is 123 cm³/mol. The van der Waals surface area contributed by atoms with E-state index in [-0.39, 0.29) is 12.1 Å². The summed E-state index contributed by atoms with van der Waals surface area (Å²) in [5, 5.41) is 15.4. The van der Waals surface area contributed by atoms with Gasteiger partial charge >= 0.3 is 6.03 Å². The molecule has 5 rings (SSSR count). The average Bonchev–Trinajstić information content (AvgIpc) is 3.51. The van der Waals surface area contributed by atoms with Crippen LogP contribution in [0, 0.1) is 6.92 Å². The predicted octanol–water partition coefficient (Wildman–Crippen LogP) is 2.77. The lowest BCUT2D eigenvalue weighted by molar-refractivity contribution is 0.187. The zero-order valence-electron chi connectivity index (χ0n) is 19.0. The molecule has 2 aliphatic heterocycles. The number of carbonyl (C=O) groups is 1. The fourth-order valence-corrected chi connectivity index (χ4v) is 5.08. The van der Waals surface area contributed by atoms with Crippen molar-refractivity contribution in [1.82, 2.24) is 35.1 Å². The number of likely N-dealkylation sites (N-methyl/N-ethyl adjacent to an activating group) is 1. The highest BCUT2D eigenvalue weighted by molar-refractivity contribution is 5.76. The zero-order chi connectivity index (χ0) is 22.2.